The molecule has 0 saturated heterocycles. The molecule has 0 saturated carbocycles. The Hall–Kier alpha value is -3.02. The first-order valence-electron chi connectivity index (χ1n) is 7.72. The van der Waals surface area contributed by atoms with E-state index in [-0.39, 0.29) is 5.97 Å². The van der Waals surface area contributed by atoms with Gasteiger partial charge in [0.2, 0.25) is 0 Å². The molecule has 0 aliphatic carbocycles. The number of nitrogens with one attached hydrogen (secondary N) is 2. The molecule has 0 radical (unpaired) electrons. The van der Waals surface area contributed by atoms with E-state index in [9.17, 15) is 4.79 Å². The molecule has 6 nitrogen and oxygen atoms in total. The molecule has 0 amide bonds. The predicted molar refractivity (Wildman–Crippen MR) is 90.0 cm³/mol. The van der Waals surface area contributed by atoms with Crippen molar-refractivity contribution in [2.75, 3.05) is 13.7 Å². The minimum absolute atomic E-state index is 0.361. The zero-order valence-electron chi connectivity index (χ0n) is 13.4. The third kappa shape index (κ3) is 3.32. The van der Waals surface area contributed by atoms with E-state index in [2.05, 4.69) is 9.72 Å². The molecule has 124 valence electrons. The van der Waals surface area contributed by atoms with Crippen molar-refractivity contribution in [3.05, 3.63) is 59.7 Å². The summed E-state index contributed by atoms with van der Waals surface area (Å²) in [5.74, 6) is 0.345. The van der Waals surface area contributed by atoms with Crippen molar-refractivity contribution < 1.29 is 14.3 Å². The summed E-state index contributed by atoms with van der Waals surface area (Å²) in [6.07, 6.45) is 0.775. The molecule has 2 aromatic carbocycles. The molecule has 1 heterocycles. The van der Waals surface area contributed by atoms with E-state index in [1.54, 1.807) is 24.3 Å². The summed E-state index contributed by atoms with van der Waals surface area (Å²) >= 11 is 0. The van der Waals surface area contributed by atoms with Gasteiger partial charge in [-0.2, -0.15) is 0 Å². The second-order valence-electron chi connectivity index (χ2n) is 5.36. The number of benzene rings is 2. The summed E-state index contributed by atoms with van der Waals surface area (Å²) < 4.78 is 12.3. The Morgan fingerprint density at radius 2 is 1.92 bits per heavy atom. The molecular formula is C18H19N3O3. The average molecular weight is 325 g/mol. The Morgan fingerprint density at radius 3 is 2.67 bits per heavy atom. The number of esters is 1. The van der Waals surface area contributed by atoms with Gasteiger partial charge in [0.25, 0.3) is 0 Å². The van der Waals surface area contributed by atoms with Gasteiger partial charge in [0.15, 0.2) is 5.62 Å². The van der Waals surface area contributed by atoms with Crippen molar-refractivity contribution in [3.8, 4) is 5.75 Å². The molecule has 1 aromatic heterocycles. The SMILES string of the molecule is COC(=O)c1ccc(OCCCn2c(=N)[nH]c3ccccc32)cc1. The van der Waals surface area contributed by atoms with Crippen LogP contribution in [0.1, 0.15) is 16.8 Å². The fraction of sp³-hybridized carbons (Fsp3) is 0.222. The number of aryl methyl sites for hydroxylation is 1. The number of para-hydroxylation sites is 2. The molecule has 0 bridgehead atoms. The van der Waals surface area contributed by atoms with Crippen LogP contribution in [-0.2, 0) is 11.3 Å². The number of nitrogens with zero attached hydrogens (tertiary/aromatic N) is 1. The van der Waals surface area contributed by atoms with Crippen LogP contribution in [-0.4, -0.2) is 29.2 Å². The number of aromatic nitrogens is 2. The fourth-order valence-corrected chi connectivity index (χ4v) is 2.58. The molecule has 6 heteroatoms. The van der Waals surface area contributed by atoms with Crippen LogP contribution in [0.3, 0.4) is 0 Å². The van der Waals surface area contributed by atoms with Crippen LogP contribution >= 0.6 is 0 Å². The van der Waals surface area contributed by atoms with Gasteiger partial charge in [-0.1, -0.05) is 12.1 Å². The molecule has 24 heavy (non-hydrogen) atoms. The van der Waals surface area contributed by atoms with E-state index in [1.165, 1.54) is 7.11 Å². The quantitative estimate of drug-likeness (QED) is 0.540. The molecule has 3 rings (SSSR count). The highest BCUT2D eigenvalue weighted by molar-refractivity contribution is 5.89. The molecule has 0 spiro atoms. The first-order valence-corrected chi connectivity index (χ1v) is 7.72. The van der Waals surface area contributed by atoms with Crippen LogP contribution in [0.5, 0.6) is 5.75 Å². The van der Waals surface area contributed by atoms with Gasteiger partial charge < -0.3 is 19.0 Å². The van der Waals surface area contributed by atoms with Crippen LogP contribution < -0.4 is 10.4 Å². The van der Waals surface area contributed by atoms with Gasteiger partial charge in [-0.15, -0.1) is 0 Å². The minimum Gasteiger partial charge on any atom is -0.494 e. The van der Waals surface area contributed by atoms with E-state index >= 15 is 0 Å². The maximum atomic E-state index is 11.4. The van der Waals surface area contributed by atoms with Crippen molar-refractivity contribution in [1.29, 1.82) is 5.41 Å². The minimum atomic E-state index is -0.361. The van der Waals surface area contributed by atoms with Gasteiger partial charge in [-0.3, -0.25) is 5.41 Å². The van der Waals surface area contributed by atoms with Crippen molar-refractivity contribution in [3.63, 3.8) is 0 Å². The molecule has 0 aliphatic rings. The van der Waals surface area contributed by atoms with Gasteiger partial charge >= 0.3 is 5.97 Å². The summed E-state index contributed by atoms with van der Waals surface area (Å²) in [7, 11) is 1.36. The van der Waals surface area contributed by atoms with Crippen molar-refractivity contribution in [2.24, 2.45) is 0 Å². The Morgan fingerprint density at radius 1 is 1.17 bits per heavy atom. The maximum Gasteiger partial charge on any atom is 0.337 e. The third-order valence-electron chi connectivity index (χ3n) is 3.79. The monoisotopic (exact) mass is 325 g/mol. The highest BCUT2D eigenvalue weighted by Crippen LogP contribution is 2.14. The summed E-state index contributed by atoms with van der Waals surface area (Å²) in [4.78, 5) is 14.4. The number of fused-ring (bicyclic) bond motifs is 1. The number of aromatic amines is 1. The van der Waals surface area contributed by atoms with Crippen LogP contribution in [0.2, 0.25) is 0 Å². The Bertz CT molecular complexity index is 894. The zero-order chi connectivity index (χ0) is 16.9. The summed E-state index contributed by atoms with van der Waals surface area (Å²) in [5, 5.41) is 8.00. The highest BCUT2D eigenvalue weighted by Gasteiger charge is 2.05. The number of methoxy groups -OCH3 is 1. The van der Waals surface area contributed by atoms with E-state index in [0.717, 1.165) is 17.5 Å². The third-order valence-corrected chi connectivity index (χ3v) is 3.79. The Labute approximate surface area is 139 Å². The summed E-state index contributed by atoms with van der Waals surface area (Å²) in [6.45, 7) is 1.23. The first-order chi connectivity index (χ1) is 11.7. The normalized spacial score (nSPS) is 10.7. The number of ether oxygens (including phenoxy) is 2. The van der Waals surface area contributed by atoms with Crippen LogP contribution in [0.15, 0.2) is 48.5 Å². The number of imidazole rings is 1. The lowest BCUT2D eigenvalue weighted by Gasteiger charge is -2.08. The number of carbonyl (C=O) groups excluding carboxylic acids is 1. The van der Waals surface area contributed by atoms with Gasteiger partial charge in [0.1, 0.15) is 5.75 Å². The summed E-state index contributed by atoms with van der Waals surface area (Å²) in [6, 6.07) is 14.7. The van der Waals surface area contributed by atoms with Crippen molar-refractivity contribution in [2.45, 2.75) is 13.0 Å². The summed E-state index contributed by atoms with van der Waals surface area (Å²) in [5.41, 5.74) is 2.86. The number of carbonyl (C=O) groups is 1. The molecule has 0 unspecified atom stereocenters. The predicted octanol–water partition coefficient (Wildman–Crippen LogP) is 2.70. The van der Waals surface area contributed by atoms with Crippen LogP contribution in [0, 0.1) is 5.41 Å². The van der Waals surface area contributed by atoms with Gasteiger partial charge in [0.05, 0.1) is 30.3 Å². The van der Waals surface area contributed by atoms with Crippen LogP contribution in [0.4, 0.5) is 0 Å². The Kier molecular flexibility index (Phi) is 4.65. The van der Waals surface area contributed by atoms with Crippen molar-refractivity contribution >= 4 is 17.0 Å². The first kappa shape index (κ1) is 15.9. The van der Waals surface area contributed by atoms with Gasteiger partial charge in [0, 0.05) is 6.54 Å². The number of H-pyrrole nitrogens is 1. The average Bonchev–Trinajstić information content (AvgIpc) is 2.94. The number of hydrogen-bond donors (Lipinski definition) is 2. The van der Waals surface area contributed by atoms with Gasteiger partial charge in [-0.05, 0) is 42.8 Å². The fourth-order valence-electron chi connectivity index (χ4n) is 2.58. The molecule has 2 N–H and O–H groups in total. The maximum absolute atomic E-state index is 11.4. The van der Waals surface area contributed by atoms with E-state index in [4.69, 9.17) is 10.1 Å². The molecule has 0 fully saturated rings. The van der Waals surface area contributed by atoms with Gasteiger partial charge in [-0.25, -0.2) is 4.79 Å². The molecule has 0 aliphatic heterocycles. The second-order valence-corrected chi connectivity index (χ2v) is 5.36. The van der Waals surface area contributed by atoms with Crippen LogP contribution in [0.25, 0.3) is 11.0 Å². The van der Waals surface area contributed by atoms with Crippen molar-refractivity contribution in [1.82, 2.24) is 9.55 Å². The zero-order valence-corrected chi connectivity index (χ0v) is 13.4. The largest absolute Gasteiger partial charge is 0.494 e. The molecular weight excluding hydrogens is 306 g/mol. The smallest absolute Gasteiger partial charge is 0.337 e. The lowest BCUT2D eigenvalue weighted by atomic mass is 10.2. The molecule has 3 aromatic rings. The van der Waals surface area contributed by atoms with E-state index in [0.29, 0.717) is 30.1 Å². The standard InChI is InChI=1S/C18H19N3O3/c1-23-17(22)13-7-9-14(10-8-13)24-12-4-11-21-16-6-3-2-5-15(16)20-18(21)19/h2-3,5-10H,4,11-12H2,1H3,(H2,19,20). The second kappa shape index (κ2) is 7.04. The number of rotatable bonds is 6. The van der Waals surface area contributed by atoms with E-state index in [1.807, 2.05) is 28.8 Å². The lowest BCUT2D eigenvalue weighted by molar-refractivity contribution is 0.0600. The molecule has 0 atom stereocenters. The van der Waals surface area contributed by atoms with E-state index < -0.39 is 0 Å². The Balaban J connectivity index is 1.56. The topological polar surface area (TPSA) is 80.1 Å². The number of hydrogen-bond acceptors (Lipinski definition) is 4. The lowest BCUT2D eigenvalue weighted by Crippen LogP contribution is -2.18. The highest BCUT2D eigenvalue weighted by atomic mass is 16.5.